The molecule has 18 heavy (non-hydrogen) atoms. The number of nitrogens with two attached hydrogens (primary N) is 1. The predicted octanol–water partition coefficient (Wildman–Crippen LogP) is 0.970. The molecular formula is C12H16ClN3O2. The minimum absolute atomic E-state index is 0.00503. The first-order chi connectivity index (χ1) is 8.63. The van der Waals surface area contributed by atoms with Crippen LogP contribution in [0.4, 0.5) is 0 Å². The largest absolute Gasteiger partial charge is 0.376 e. The molecule has 1 saturated carbocycles. The molecular weight excluding hydrogens is 254 g/mol. The molecule has 6 heteroatoms. The highest BCUT2D eigenvalue weighted by molar-refractivity contribution is 6.33. The van der Waals surface area contributed by atoms with Crippen molar-refractivity contribution in [2.24, 2.45) is 5.73 Å². The Balaban J connectivity index is 2.01. The zero-order valence-electron chi connectivity index (χ0n) is 10.1. The highest BCUT2D eigenvalue weighted by Crippen LogP contribution is 2.23. The van der Waals surface area contributed by atoms with Gasteiger partial charge in [-0.3, -0.25) is 9.78 Å². The third kappa shape index (κ3) is 2.63. The molecule has 1 amide bonds. The molecule has 0 bridgehead atoms. The number of aromatic nitrogens is 1. The van der Waals surface area contributed by atoms with Crippen LogP contribution in [0.3, 0.4) is 0 Å². The van der Waals surface area contributed by atoms with Crippen LogP contribution in [0, 0.1) is 0 Å². The summed E-state index contributed by atoms with van der Waals surface area (Å²) in [7, 11) is 0. The van der Waals surface area contributed by atoms with E-state index in [2.05, 4.69) is 10.3 Å². The normalized spacial score (nSPS) is 26.5. The number of halogens is 1. The van der Waals surface area contributed by atoms with Crippen molar-refractivity contribution in [3.05, 3.63) is 29.0 Å². The molecule has 1 aliphatic rings. The number of rotatable bonds is 4. The highest BCUT2D eigenvalue weighted by atomic mass is 35.5. The standard InChI is InChI=1S/C12H16ClN3O2/c1-2-18-10-5-9(14)11(10)16-12(17)7-3-4-15-6-8(7)13/h3-4,6,9-11H,2,5,14H2,1H3,(H,16,17). The number of ether oxygens (including phenoxy) is 1. The van der Waals surface area contributed by atoms with E-state index in [1.807, 2.05) is 6.92 Å². The molecule has 1 aromatic heterocycles. The molecule has 0 aromatic carbocycles. The van der Waals surface area contributed by atoms with Crippen LogP contribution < -0.4 is 11.1 Å². The lowest BCUT2D eigenvalue weighted by Gasteiger charge is -2.42. The zero-order chi connectivity index (χ0) is 13.1. The number of hydrogen-bond acceptors (Lipinski definition) is 4. The first-order valence-corrected chi connectivity index (χ1v) is 6.28. The number of nitrogens with zero attached hydrogens (tertiary/aromatic N) is 1. The van der Waals surface area contributed by atoms with Gasteiger partial charge in [0.15, 0.2) is 0 Å². The Kier molecular flexibility index (Phi) is 4.16. The van der Waals surface area contributed by atoms with E-state index in [1.165, 1.54) is 12.4 Å². The van der Waals surface area contributed by atoms with Crippen molar-refractivity contribution >= 4 is 17.5 Å². The van der Waals surface area contributed by atoms with Crippen LogP contribution in [-0.2, 0) is 4.74 Å². The summed E-state index contributed by atoms with van der Waals surface area (Å²) in [6, 6.07) is 1.37. The Morgan fingerprint density at radius 2 is 2.50 bits per heavy atom. The van der Waals surface area contributed by atoms with Gasteiger partial charge in [-0.05, 0) is 19.4 Å². The summed E-state index contributed by atoms with van der Waals surface area (Å²) in [5, 5.41) is 3.19. The SMILES string of the molecule is CCOC1CC(N)C1NC(=O)c1ccncc1Cl. The van der Waals surface area contributed by atoms with Crippen LogP contribution in [0.25, 0.3) is 0 Å². The van der Waals surface area contributed by atoms with E-state index in [0.717, 1.165) is 6.42 Å². The van der Waals surface area contributed by atoms with E-state index < -0.39 is 0 Å². The molecule has 3 N–H and O–H groups in total. The molecule has 1 aromatic rings. The molecule has 1 fully saturated rings. The number of pyridine rings is 1. The van der Waals surface area contributed by atoms with Crippen molar-refractivity contribution in [3.8, 4) is 0 Å². The lowest BCUT2D eigenvalue weighted by Crippen LogP contribution is -2.64. The number of nitrogens with one attached hydrogen (secondary N) is 1. The van der Waals surface area contributed by atoms with Crippen LogP contribution in [0.5, 0.6) is 0 Å². The van der Waals surface area contributed by atoms with Gasteiger partial charge in [0.2, 0.25) is 0 Å². The second-order valence-corrected chi connectivity index (χ2v) is 4.66. The van der Waals surface area contributed by atoms with Crippen LogP contribution in [-0.4, -0.2) is 35.7 Å². The maximum Gasteiger partial charge on any atom is 0.253 e. The first kappa shape index (κ1) is 13.3. The zero-order valence-corrected chi connectivity index (χ0v) is 10.9. The van der Waals surface area contributed by atoms with E-state index in [4.69, 9.17) is 22.1 Å². The van der Waals surface area contributed by atoms with Crippen LogP contribution >= 0.6 is 11.6 Å². The van der Waals surface area contributed by atoms with E-state index in [1.54, 1.807) is 6.07 Å². The van der Waals surface area contributed by atoms with Crippen LogP contribution in [0.2, 0.25) is 5.02 Å². The van der Waals surface area contributed by atoms with E-state index >= 15 is 0 Å². The van der Waals surface area contributed by atoms with Crippen molar-refractivity contribution in [2.45, 2.75) is 31.5 Å². The third-order valence-corrected chi connectivity index (χ3v) is 3.36. The van der Waals surface area contributed by atoms with Gasteiger partial charge in [-0.15, -0.1) is 0 Å². The summed E-state index contributed by atoms with van der Waals surface area (Å²) in [6.45, 7) is 2.53. The molecule has 0 aliphatic heterocycles. The molecule has 0 saturated heterocycles. The van der Waals surface area contributed by atoms with E-state index in [0.29, 0.717) is 17.2 Å². The van der Waals surface area contributed by atoms with Gasteiger partial charge in [-0.1, -0.05) is 11.6 Å². The van der Waals surface area contributed by atoms with Crippen LogP contribution in [0.1, 0.15) is 23.7 Å². The lowest BCUT2D eigenvalue weighted by molar-refractivity contribution is -0.0300. The highest BCUT2D eigenvalue weighted by Gasteiger charge is 2.40. The number of hydrogen-bond donors (Lipinski definition) is 2. The minimum atomic E-state index is -0.243. The Morgan fingerprint density at radius 3 is 3.11 bits per heavy atom. The molecule has 0 spiro atoms. The van der Waals surface area contributed by atoms with Gasteiger partial charge in [0.1, 0.15) is 0 Å². The Labute approximate surface area is 111 Å². The van der Waals surface area contributed by atoms with Gasteiger partial charge in [-0.25, -0.2) is 0 Å². The second kappa shape index (κ2) is 5.65. The predicted molar refractivity (Wildman–Crippen MR) is 68.5 cm³/mol. The lowest BCUT2D eigenvalue weighted by atomic mass is 9.83. The summed E-state index contributed by atoms with van der Waals surface area (Å²) in [6.07, 6.45) is 3.73. The van der Waals surface area contributed by atoms with Gasteiger partial charge in [0.25, 0.3) is 5.91 Å². The summed E-state index contributed by atoms with van der Waals surface area (Å²) in [5.74, 6) is -0.243. The molecule has 3 unspecified atom stereocenters. The maximum absolute atomic E-state index is 12.0. The van der Waals surface area contributed by atoms with Gasteiger partial charge < -0.3 is 15.8 Å². The number of carbonyl (C=O) groups is 1. The maximum atomic E-state index is 12.0. The van der Waals surface area contributed by atoms with E-state index in [-0.39, 0.29) is 24.1 Å². The molecule has 2 rings (SSSR count). The smallest absolute Gasteiger partial charge is 0.253 e. The second-order valence-electron chi connectivity index (χ2n) is 4.25. The topological polar surface area (TPSA) is 77.2 Å². The molecule has 5 nitrogen and oxygen atoms in total. The molecule has 1 aliphatic carbocycles. The number of carbonyl (C=O) groups excluding carboxylic acids is 1. The van der Waals surface area contributed by atoms with Gasteiger partial charge in [-0.2, -0.15) is 0 Å². The summed E-state index contributed by atoms with van der Waals surface area (Å²) >= 11 is 5.91. The Bertz CT molecular complexity index is 439. The summed E-state index contributed by atoms with van der Waals surface area (Å²) < 4.78 is 5.49. The van der Waals surface area contributed by atoms with Gasteiger partial charge in [0.05, 0.1) is 22.7 Å². The average molecular weight is 270 g/mol. The summed E-state index contributed by atoms with van der Waals surface area (Å²) in [4.78, 5) is 15.9. The number of amides is 1. The molecule has 1 heterocycles. The molecule has 0 radical (unpaired) electrons. The van der Waals surface area contributed by atoms with Crippen molar-refractivity contribution in [1.82, 2.24) is 10.3 Å². The molecule has 3 atom stereocenters. The van der Waals surface area contributed by atoms with Gasteiger partial charge >= 0.3 is 0 Å². The molecule has 98 valence electrons. The fraction of sp³-hybridized carbons (Fsp3) is 0.500. The summed E-state index contributed by atoms with van der Waals surface area (Å²) in [5.41, 5.74) is 6.27. The van der Waals surface area contributed by atoms with Crippen molar-refractivity contribution in [3.63, 3.8) is 0 Å². The Morgan fingerprint density at radius 1 is 1.72 bits per heavy atom. The van der Waals surface area contributed by atoms with Crippen molar-refractivity contribution < 1.29 is 9.53 Å². The minimum Gasteiger partial charge on any atom is -0.376 e. The van der Waals surface area contributed by atoms with Crippen molar-refractivity contribution in [1.29, 1.82) is 0 Å². The first-order valence-electron chi connectivity index (χ1n) is 5.91. The monoisotopic (exact) mass is 269 g/mol. The van der Waals surface area contributed by atoms with Gasteiger partial charge in [0, 0.05) is 25.0 Å². The third-order valence-electron chi connectivity index (χ3n) is 3.06. The fourth-order valence-electron chi connectivity index (χ4n) is 2.02. The average Bonchev–Trinajstić information content (AvgIpc) is 2.36. The fourth-order valence-corrected chi connectivity index (χ4v) is 2.22. The van der Waals surface area contributed by atoms with Crippen molar-refractivity contribution in [2.75, 3.05) is 6.61 Å². The van der Waals surface area contributed by atoms with E-state index in [9.17, 15) is 4.79 Å². The Hall–Kier alpha value is -1.17. The van der Waals surface area contributed by atoms with Crippen LogP contribution in [0.15, 0.2) is 18.5 Å². The quantitative estimate of drug-likeness (QED) is 0.854.